The van der Waals surface area contributed by atoms with Gasteiger partial charge < -0.3 is 5.11 Å². The lowest BCUT2D eigenvalue weighted by Gasteiger charge is -2.34. The molecule has 84 valence electrons. The largest absolute Gasteiger partial charge is 0.396 e. The van der Waals surface area contributed by atoms with Gasteiger partial charge in [0.1, 0.15) is 0 Å². The van der Waals surface area contributed by atoms with E-state index in [2.05, 4.69) is 47.6 Å². The summed E-state index contributed by atoms with van der Waals surface area (Å²) in [5.41, 5.74) is 1.42. The Labute approximate surface area is 89.2 Å². The Morgan fingerprint density at radius 1 is 1.29 bits per heavy atom. The standard InChI is InChI=1S/C13H26O/c1-10(2)7-8-11(3)12(4)13(5,6)9-14/h7,11-12,14H,8-9H2,1-6H3/t11-,12-/m1/s1. The molecule has 0 aliphatic rings. The van der Waals surface area contributed by atoms with Gasteiger partial charge in [0.25, 0.3) is 0 Å². The molecule has 0 saturated heterocycles. The number of hydrogen-bond acceptors (Lipinski definition) is 1. The fourth-order valence-corrected chi connectivity index (χ4v) is 1.54. The molecule has 0 aromatic heterocycles. The SMILES string of the molecule is CC(C)=CC[C@@H](C)[C@@H](C)C(C)(C)CO. The van der Waals surface area contributed by atoms with Gasteiger partial charge in [0.05, 0.1) is 0 Å². The summed E-state index contributed by atoms with van der Waals surface area (Å²) >= 11 is 0. The molecule has 1 nitrogen and oxygen atoms in total. The van der Waals surface area contributed by atoms with Crippen LogP contribution in [0.5, 0.6) is 0 Å². The Kier molecular flexibility index (Phi) is 5.43. The second-order valence-electron chi connectivity index (χ2n) is 5.43. The zero-order valence-corrected chi connectivity index (χ0v) is 10.6. The number of allylic oxidation sites excluding steroid dienone is 2. The summed E-state index contributed by atoms with van der Waals surface area (Å²) in [5.74, 6) is 1.18. The van der Waals surface area contributed by atoms with Crippen LogP contribution in [0.2, 0.25) is 0 Å². The Morgan fingerprint density at radius 3 is 2.14 bits per heavy atom. The molecule has 0 rings (SSSR count). The summed E-state index contributed by atoms with van der Waals surface area (Å²) in [5, 5.41) is 9.28. The maximum Gasteiger partial charge on any atom is 0.0484 e. The first kappa shape index (κ1) is 13.7. The van der Waals surface area contributed by atoms with Crippen molar-refractivity contribution in [2.45, 2.75) is 48.0 Å². The topological polar surface area (TPSA) is 20.2 Å². The number of hydrogen-bond donors (Lipinski definition) is 1. The number of rotatable bonds is 5. The second-order valence-corrected chi connectivity index (χ2v) is 5.43. The summed E-state index contributed by atoms with van der Waals surface area (Å²) in [4.78, 5) is 0. The molecule has 2 atom stereocenters. The van der Waals surface area contributed by atoms with E-state index in [4.69, 9.17) is 0 Å². The van der Waals surface area contributed by atoms with E-state index in [9.17, 15) is 5.11 Å². The monoisotopic (exact) mass is 198 g/mol. The van der Waals surface area contributed by atoms with Crippen molar-refractivity contribution in [2.24, 2.45) is 17.3 Å². The van der Waals surface area contributed by atoms with E-state index in [0.717, 1.165) is 6.42 Å². The molecule has 0 aromatic rings. The summed E-state index contributed by atoms with van der Waals surface area (Å²) in [7, 11) is 0. The molecule has 0 spiro atoms. The highest BCUT2D eigenvalue weighted by atomic mass is 16.3. The molecular formula is C13H26O. The highest BCUT2D eigenvalue weighted by molar-refractivity contribution is 4.95. The molecule has 0 radical (unpaired) electrons. The zero-order chi connectivity index (χ0) is 11.4. The van der Waals surface area contributed by atoms with Gasteiger partial charge in [0.2, 0.25) is 0 Å². The molecule has 0 amide bonds. The molecule has 14 heavy (non-hydrogen) atoms. The van der Waals surface area contributed by atoms with Crippen molar-refractivity contribution < 1.29 is 5.11 Å². The Bertz CT molecular complexity index is 187. The minimum absolute atomic E-state index is 0.0366. The van der Waals surface area contributed by atoms with Crippen LogP contribution in [0.1, 0.15) is 48.0 Å². The second kappa shape index (κ2) is 5.55. The van der Waals surface area contributed by atoms with Crippen molar-refractivity contribution in [1.29, 1.82) is 0 Å². The van der Waals surface area contributed by atoms with Gasteiger partial charge in [-0.15, -0.1) is 0 Å². The number of aliphatic hydroxyl groups excluding tert-OH is 1. The van der Waals surface area contributed by atoms with Gasteiger partial charge in [-0.25, -0.2) is 0 Å². The van der Waals surface area contributed by atoms with E-state index >= 15 is 0 Å². The lowest BCUT2D eigenvalue weighted by molar-refractivity contribution is 0.0762. The van der Waals surface area contributed by atoms with Gasteiger partial charge >= 0.3 is 0 Å². The third-order valence-corrected chi connectivity index (χ3v) is 3.39. The van der Waals surface area contributed by atoms with Crippen LogP contribution in [0, 0.1) is 17.3 Å². The van der Waals surface area contributed by atoms with Gasteiger partial charge in [0.15, 0.2) is 0 Å². The van der Waals surface area contributed by atoms with Crippen LogP contribution in [0.4, 0.5) is 0 Å². The summed E-state index contributed by atoms with van der Waals surface area (Å²) in [6.07, 6.45) is 3.40. The molecule has 0 heterocycles. The van der Waals surface area contributed by atoms with Crippen LogP contribution in [0.15, 0.2) is 11.6 Å². The van der Waals surface area contributed by atoms with Gasteiger partial charge in [-0.2, -0.15) is 0 Å². The molecule has 0 aliphatic carbocycles. The van der Waals surface area contributed by atoms with Crippen LogP contribution in [-0.2, 0) is 0 Å². The molecule has 1 heteroatoms. The first-order valence-corrected chi connectivity index (χ1v) is 5.55. The third-order valence-electron chi connectivity index (χ3n) is 3.39. The van der Waals surface area contributed by atoms with Crippen LogP contribution in [0.25, 0.3) is 0 Å². The van der Waals surface area contributed by atoms with E-state index in [1.807, 2.05) is 0 Å². The molecule has 0 aliphatic heterocycles. The van der Waals surface area contributed by atoms with Crippen molar-refractivity contribution in [3.63, 3.8) is 0 Å². The molecule has 1 N–H and O–H groups in total. The zero-order valence-electron chi connectivity index (χ0n) is 10.6. The Hall–Kier alpha value is -0.300. The fraction of sp³-hybridized carbons (Fsp3) is 0.846. The predicted molar refractivity (Wildman–Crippen MR) is 63.2 cm³/mol. The highest BCUT2D eigenvalue weighted by Gasteiger charge is 2.28. The third kappa shape index (κ3) is 4.28. The number of aliphatic hydroxyl groups is 1. The normalized spacial score (nSPS) is 16.2. The first-order valence-electron chi connectivity index (χ1n) is 5.55. The van der Waals surface area contributed by atoms with Gasteiger partial charge in [-0.3, -0.25) is 0 Å². The van der Waals surface area contributed by atoms with Gasteiger partial charge in [0, 0.05) is 6.61 Å². The summed E-state index contributed by atoms with van der Waals surface area (Å²) in [6, 6.07) is 0. The minimum Gasteiger partial charge on any atom is -0.396 e. The van der Waals surface area contributed by atoms with Crippen LogP contribution < -0.4 is 0 Å². The smallest absolute Gasteiger partial charge is 0.0484 e. The molecule has 0 unspecified atom stereocenters. The van der Waals surface area contributed by atoms with Gasteiger partial charge in [-0.05, 0) is 37.5 Å². The molecular weight excluding hydrogens is 172 g/mol. The fourth-order valence-electron chi connectivity index (χ4n) is 1.54. The maximum absolute atomic E-state index is 9.28. The Balaban J connectivity index is 4.25. The van der Waals surface area contributed by atoms with Gasteiger partial charge in [-0.1, -0.05) is 39.3 Å². The molecule has 0 fully saturated rings. The van der Waals surface area contributed by atoms with Crippen molar-refractivity contribution >= 4 is 0 Å². The minimum atomic E-state index is 0.0366. The quantitative estimate of drug-likeness (QED) is 0.669. The van der Waals surface area contributed by atoms with Crippen molar-refractivity contribution in [2.75, 3.05) is 6.61 Å². The van der Waals surface area contributed by atoms with Crippen LogP contribution >= 0.6 is 0 Å². The van der Waals surface area contributed by atoms with E-state index in [0.29, 0.717) is 11.8 Å². The van der Waals surface area contributed by atoms with Crippen molar-refractivity contribution in [3.8, 4) is 0 Å². The van der Waals surface area contributed by atoms with Crippen molar-refractivity contribution in [3.05, 3.63) is 11.6 Å². The average molecular weight is 198 g/mol. The van der Waals surface area contributed by atoms with E-state index < -0.39 is 0 Å². The van der Waals surface area contributed by atoms with E-state index in [1.165, 1.54) is 5.57 Å². The highest BCUT2D eigenvalue weighted by Crippen LogP contribution is 2.33. The predicted octanol–water partition coefficient (Wildman–Crippen LogP) is 3.63. The molecule has 0 aromatic carbocycles. The lowest BCUT2D eigenvalue weighted by atomic mass is 9.73. The summed E-state index contributed by atoms with van der Waals surface area (Å²) in [6.45, 7) is 13.3. The molecule has 0 saturated carbocycles. The maximum atomic E-state index is 9.28. The van der Waals surface area contributed by atoms with E-state index in [1.54, 1.807) is 0 Å². The lowest BCUT2D eigenvalue weighted by Crippen LogP contribution is -2.30. The molecule has 0 bridgehead atoms. The van der Waals surface area contributed by atoms with Crippen LogP contribution in [-0.4, -0.2) is 11.7 Å². The summed E-state index contributed by atoms with van der Waals surface area (Å²) < 4.78 is 0. The van der Waals surface area contributed by atoms with E-state index in [-0.39, 0.29) is 12.0 Å². The first-order chi connectivity index (χ1) is 6.31. The van der Waals surface area contributed by atoms with Crippen LogP contribution in [0.3, 0.4) is 0 Å². The van der Waals surface area contributed by atoms with Crippen molar-refractivity contribution in [1.82, 2.24) is 0 Å². The average Bonchev–Trinajstić information content (AvgIpc) is 2.12. The Morgan fingerprint density at radius 2 is 1.79 bits per heavy atom.